The summed E-state index contributed by atoms with van der Waals surface area (Å²) >= 11 is 0. The number of pyridine rings is 1. The van der Waals surface area contributed by atoms with E-state index in [1.165, 1.54) is 0 Å². The van der Waals surface area contributed by atoms with E-state index in [1.807, 2.05) is 60.4 Å². The number of amides is 4. The Morgan fingerprint density at radius 1 is 1.03 bits per heavy atom. The third kappa shape index (κ3) is 3.31. The number of nitrogens with zero attached hydrogens (tertiary/aromatic N) is 3. The van der Waals surface area contributed by atoms with Crippen LogP contribution in [0, 0.1) is 0 Å². The number of carbonyl (C=O) groups is 3. The van der Waals surface area contributed by atoms with Gasteiger partial charge in [0.05, 0.1) is 13.7 Å². The number of hydrogen-bond donors (Lipinski definition) is 2. The van der Waals surface area contributed by atoms with Crippen LogP contribution in [0.4, 0.5) is 4.79 Å². The van der Waals surface area contributed by atoms with Gasteiger partial charge in [0, 0.05) is 42.5 Å². The first-order valence-corrected chi connectivity index (χ1v) is 11.5. The maximum absolute atomic E-state index is 13.2. The third-order valence-corrected chi connectivity index (χ3v) is 6.98. The molecule has 2 aromatic carbocycles. The predicted molar refractivity (Wildman–Crippen MR) is 132 cm³/mol. The van der Waals surface area contributed by atoms with E-state index in [1.54, 1.807) is 24.1 Å². The Morgan fingerprint density at radius 3 is 2.56 bits per heavy atom. The van der Waals surface area contributed by atoms with Crippen LogP contribution in [0.3, 0.4) is 0 Å². The summed E-state index contributed by atoms with van der Waals surface area (Å²) in [5.74, 6) is -0.116. The summed E-state index contributed by atoms with van der Waals surface area (Å²) in [6.45, 7) is 0.335. The van der Waals surface area contributed by atoms with Crippen molar-refractivity contribution < 1.29 is 19.1 Å². The molecule has 2 N–H and O–H groups in total. The highest BCUT2D eigenvalue weighted by Crippen LogP contribution is 2.33. The largest absolute Gasteiger partial charge is 0.497 e. The smallest absolute Gasteiger partial charge is 0.322 e. The lowest BCUT2D eigenvalue weighted by Crippen LogP contribution is -2.52. The number of aromatic nitrogens is 2. The minimum absolute atomic E-state index is 0.00270. The highest BCUT2D eigenvalue weighted by Gasteiger charge is 2.50. The van der Waals surface area contributed by atoms with Crippen LogP contribution in [0.2, 0.25) is 0 Å². The lowest BCUT2D eigenvalue weighted by molar-refractivity contribution is -0.124. The molecule has 0 spiro atoms. The van der Waals surface area contributed by atoms with E-state index in [0.717, 1.165) is 27.7 Å². The Morgan fingerprint density at radius 2 is 1.83 bits per heavy atom. The van der Waals surface area contributed by atoms with Gasteiger partial charge in [-0.05, 0) is 41.0 Å². The first kappa shape index (κ1) is 21.8. The number of aryl methyl sites for hydroxylation is 1. The number of hydrogen-bond acceptors (Lipinski definition) is 5. The predicted octanol–water partition coefficient (Wildman–Crippen LogP) is 2.94. The fourth-order valence-corrected chi connectivity index (χ4v) is 5.04. The van der Waals surface area contributed by atoms with Gasteiger partial charge in [-0.1, -0.05) is 30.3 Å². The molecule has 1 saturated heterocycles. The summed E-state index contributed by atoms with van der Waals surface area (Å²) < 4.78 is 7.21. The zero-order valence-corrected chi connectivity index (χ0v) is 19.7. The van der Waals surface area contributed by atoms with Crippen molar-refractivity contribution in [2.45, 2.75) is 12.1 Å². The molecule has 4 heterocycles. The van der Waals surface area contributed by atoms with Crippen LogP contribution in [0.1, 0.15) is 21.5 Å². The highest BCUT2D eigenvalue weighted by atomic mass is 16.5. The number of benzene rings is 2. The monoisotopic (exact) mass is 481 g/mol. The van der Waals surface area contributed by atoms with E-state index in [4.69, 9.17) is 4.74 Å². The normalized spacial score (nSPS) is 18.9. The maximum atomic E-state index is 13.2. The number of rotatable bonds is 5. The van der Waals surface area contributed by atoms with Gasteiger partial charge in [0.15, 0.2) is 5.54 Å². The van der Waals surface area contributed by atoms with Gasteiger partial charge in [-0.25, -0.2) is 9.78 Å². The first-order chi connectivity index (χ1) is 17.4. The molecule has 0 radical (unpaired) electrons. The number of imide groups is 1. The number of urea groups is 1. The van der Waals surface area contributed by atoms with Gasteiger partial charge in [-0.15, -0.1) is 0 Å². The Kier molecular flexibility index (Phi) is 4.82. The van der Waals surface area contributed by atoms with Crippen LogP contribution in [0.25, 0.3) is 22.2 Å². The Balaban J connectivity index is 1.33. The van der Waals surface area contributed by atoms with Crippen molar-refractivity contribution in [2.75, 3.05) is 13.7 Å². The van der Waals surface area contributed by atoms with Crippen molar-refractivity contribution in [3.8, 4) is 16.9 Å². The van der Waals surface area contributed by atoms with E-state index in [9.17, 15) is 14.4 Å². The average Bonchev–Trinajstić information content (AvgIpc) is 3.51. The zero-order valence-electron chi connectivity index (χ0n) is 19.7. The average molecular weight is 482 g/mol. The standard InChI is InChI=1S/C27H23N5O4/c1-31-10-9-17-11-19(13-28-23(17)31)16-3-6-20(7-4-16)27(25(34)29-26(35)30-27)15-32-14-18-5-8-21(36-2)12-22(18)24(32)33/h3-13H,14-15H2,1-2H3,(H2,29,30,34,35)/t27-/m0/s1. The lowest BCUT2D eigenvalue weighted by Gasteiger charge is -2.31. The van der Waals surface area contributed by atoms with E-state index >= 15 is 0 Å². The minimum atomic E-state index is -1.40. The third-order valence-electron chi connectivity index (χ3n) is 6.98. The van der Waals surface area contributed by atoms with Crippen LogP contribution >= 0.6 is 0 Å². The van der Waals surface area contributed by atoms with Gasteiger partial charge in [-0.2, -0.15) is 0 Å². The van der Waals surface area contributed by atoms with Crippen molar-refractivity contribution in [3.05, 3.63) is 83.7 Å². The molecule has 36 heavy (non-hydrogen) atoms. The Hall–Kier alpha value is -4.66. The number of nitrogens with one attached hydrogen (secondary N) is 2. The van der Waals surface area contributed by atoms with Gasteiger partial charge in [0.2, 0.25) is 0 Å². The van der Waals surface area contributed by atoms with E-state index in [0.29, 0.717) is 23.4 Å². The van der Waals surface area contributed by atoms with E-state index < -0.39 is 17.5 Å². The molecule has 6 rings (SSSR count). The first-order valence-electron chi connectivity index (χ1n) is 11.5. The molecule has 4 amide bonds. The van der Waals surface area contributed by atoms with Gasteiger partial charge >= 0.3 is 6.03 Å². The molecule has 9 nitrogen and oxygen atoms in total. The molecular weight excluding hydrogens is 458 g/mol. The number of carbonyl (C=O) groups excluding carboxylic acids is 3. The molecular formula is C27H23N5O4. The SMILES string of the molecule is COc1ccc2c(c1)C(=O)N(C[C@@]1(c3ccc(-c4cnc5c(ccn5C)c4)cc3)NC(=O)NC1=O)C2. The fraction of sp³-hybridized carbons (Fsp3) is 0.185. The molecule has 180 valence electrons. The molecule has 0 bridgehead atoms. The lowest BCUT2D eigenvalue weighted by atomic mass is 9.88. The summed E-state index contributed by atoms with van der Waals surface area (Å²) in [4.78, 5) is 44.7. The molecule has 2 aliphatic rings. The van der Waals surface area contributed by atoms with Crippen LogP contribution in [0.5, 0.6) is 5.75 Å². The van der Waals surface area contributed by atoms with Crippen molar-refractivity contribution in [1.29, 1.82) is 0 Å². The minimum Gasteiger partial charge on any atom is -0.497 e. The highest BCUT2D eigenvalue weighted by molar-refractivity contribution is 6.08. The molecule has 1 atom stereocenters. The Labute approximate surface area is 206 Å². The fourth-order valence-electron chi connectivity index (χ4n) is 5.04. The molecule has 2 aromatic heterocycles. The van der Waals surface area contributed by atoms with E-state index in [-0.39, 0.29) is 12.5 Å². The topological polar surface area (TPSA) is 106 Å². The molecule has 4 aromatic rings. The van der Waals surface area contributed by atoms with Crippen LogP contribution < -0.4 is 15.4 Å². The van der Waals surface area contributed by atoms with Crippen molar-refractivity contribution in [1.82, 2.24) is 25.1 Å². The number of fused-ring (bicyclic) bond motifs is 2. The van der Waals surface area contributed by atoms with Crippen LogP contribution in [-0.2, 0) is 23.9 Å². The molecule has 1 fully saturated rings. The summed E-state index contributed by atoms with van der Waals surface area (Å²) in [7, 11) is 3.49. The zero-order chi connectivity index (χ0) is 25.0. The molecule has 2 aliphatic heterocycles. The van der Waals surface area contributed by atoms with Gasteiger partial charge in [0.25, 0.3) is 11.8 Å². The van der Waals surface area contributed by atoms with Gasteiger partial charge < -0.3 is 19.5 Å². The second kappa shape index (κ2) is 7.94. The van der Waals surface area contributed by atoms with Crippen LogP contribution in [-0.4, -0.2) is 46.0 Å². The molecule has 9 heteroatoms. The molecule has 0 aliphatic carbocycles. The number of ether oxygens (including phenoxy) is 1. The number of methoxy groups -OCH3 is 1. The Bertz CT molecular complexity index is 1560. The van der Waals surface area contributed by atoms with Gasteiger partial charge in [-0.3, -0.25) is 14.9 Å². The quantitative estimate of drug-likeness (QED) is 0.427. The van der Waals surface area contributed by atoms with Crippen molar-refractivity contribution in [2.24, 2.45) is 7.05 Å². The summed E-state index contributed by atoms with van der Waals surface area (Å²) in [6, 6.07) is 16.2. The second-order valence-corrected chi connectivity index (χ2v) is 9.14. The summed E-state index contributed by atoms with van der Waals surface area (Å²) in [5.41, 5.74) is 3.33. The van der Waals surface area contributed by atoms with Crippen molar-refractivity contribution in [3.63, 3.8) is 0 Å². The molecule has 0 saturated carbocycles. The van der Waals surface area contributed by atoms with Crippen LogP contribution in [0.15, 0.2) is 67.0 Å². The maximum Gasteiger partial charge on any atom is 0.322 e. The van der Waals surface area contributed by atoms with Crippen molar-refractivity contribution >= 4 is 28.9 Å². The summed E-state index contributed by atoms with van der Waals surface area (Å²) in [6.07, 6.45) is 3.77. The summed E-state index contributed by atoms with van der Waals surface area (Å²) in [5, 5.41) is 6.16. The van der Waals surface area contributed by atoms with E-state index in [2.05, 4.69) is 21.7 Å². The second-order valence-electron chi connectivity index (χ2n) is 9.14. The van der Waals surface area contributed by atoms with Gasteiger partial charge in [0.1, 0.15) is 11.4 Å². The molecule has 0 unspecified atom stereocenters.